The van der Waals surface area contributed by atoms with Crippen molar-refractivity contribution in [3.8, 4) is 0 Å². The summed E-state index contributed by atoms with van der Waals surface area (Å²) in [4.78, 5) is 35.5. The third-order valence-corrected chi connectivity index (χ3v) is 3.11. The van der Waals surface area contributed by atoms with Crippen LogP contribution in [0.25, 0.3) is 0 Å². The topological polar surface area (TPSA) is 86.6 Å². The average molecular weight is 316 g/mol. The highest BCUT2D eigenvalue weighted by atomic mass is 16.5. The maximum absolute atomic E-state index is 12.1. The van der Waals surface area contributed by atoms with E-state index in [9.17, 15) is 14.4 Å². The number of anilines is 1. The summed E-state index contributed by atoms with van der Waals surface area (Å²) in [7, 11) is 2.49. The second-order valence-corrected chi connectivity index (χ2v) is 4.65. The fourth-order valence-electron chi connectivity index (χ4n) is 2.01. The number of aromatic nitrogens is 1. The van der Waals surface area contributed by atoms with Crippen molar-refractivity contribution in [2.45, 2.75) is 6.54 Å². The molecule has 0 unspecified atom stereocenters. The summed E-state index contributed by atoms with van der Waals surface area (Å²) in [5.41, 5.74) is 0.564. The van der Waals surface area contributed by atoms with Crippen LogP contribution in [0.5, 0.6) is 0 Å². The Balaban J connectivity index is 2.27. The molecule has 1 aromatic carbocycles. The Morgan fingerprint density at radius 2 is 1.70 bits per heavy atom. The van der Waals surface area contributed by atoms with E-state index in [0.717, 1.165) is 0 Å². The maximum atomic E-state index is 12.1. The van der Waals surface area contributed by atoms with Gasteiger partial charge in [-0.05, 0) is 30.3 Å². The van der Waals surface area contributed by atoms with Crippen molar-refractivity contribution in [2.75, 3.05) is 19.5 Å². The fourth-order valence-corrected chi connectivity index (χ4v) is 2.01. The number of ether oxygens (including phenoxy) is 2. The van der Waals surface area contributed by atoms with Crippen LogP contribution in [-0.2, 0) is 20.8 Å². The van der Waals surface area contributed by atoms with Crippen LogP contribution < -0.4 is 5.32 Å². The smallest absolute Gasteiger partial charge is 0.339 e. The number of hydrogen-bond donors (Lipinski definition) is 1. The predicted octanol–water partition coefficient (Wildman–Crippen LogP) is 1.70. The summed E-state index contributed by atoms with van der Waals surface area (Å²) in [6.07, 6.45) is 3.48. The molecule has 7 nitrogen and oxygen atoms in total. The lowest BCUT2D eigenvalue weighted by molar-refractivity contribution is -0.116. The number of nitrogens with zero attached hydrogens (tertiary/aromatic N) is 1. The molecule has 1 amide bonds. The zero-order valence-corrected chi connectivity index (χ0v) is 12.7. The molecular weight excluding hydrogens is 300 g/mol. The Bertz CT molecular complexity index is 722. The average Bonchev–Trinajstić information content (AvgIpc) is 3.06. The van der Waals surface area contributed by atoms with Crippen LogP contribution in [0.15, 0.2) is 42.7 Å². The quantitative estimate of drug-likeness (QED) is 0.848. The molecular formula is C16H16N2O5. The van der Waals surface area contributed by atoms with Gasteiger partial charge in [0.2, 0.25) is 5.91 Å². The number of methoxy groups -OCH3 is 2. The molecule has 7 heteroatoms. The summed E-state index contributed by atoms with van der Waals surface area (Å²) in [5, 5.41) is 2.62. The zero-order valence-electron chi connectivity index (χ0n) is 12.7. The molecule has 0 fully saturated rings. The van der Waals surface area contributed by atoms with Gasteiger partial charge in [-0.3, -0.25) is 4.79 Å². The number of hydrogen-bond acceptors (Lipinski definition) is 5. The molecule has 0 atom stereocenters. The van der Waals surface area contributed by atoms with Gasteiger partial charge in [-0.15, -0.1) is 0 Å². The van der Waals surface area contributed by atoms with Gasteiger partial charge >= 0.3 is 11.9 Å². The summed E-state index contributed by atoms with van der Waals surface area (Å²) in [5.74, 6) is -1.52. The van der Waals surface area contributed by atoms with Crippen molar-refractivity contribution in [1.29, 1.82) is 0 Å². The maximum Gasteiger partial charge on any atom is 0.339 e. The Labute approximate surface area is 132 Å². The highest BCUT2D eigenvalue weighted by Crippen LogP contribution is 2.20. The van der Waals surface area contributed by atoms with Gasteiger partial charge in [0.25, 0.3) is 0 Å². The molecule has 23 heavy (non-hydrogen) atoms. The number of carbonyl (C=O) groups is 3. The minimum Gasteiger partial charge on any atom is -0.465 e. The molecule has 0 bridgehead atoms. The molecule has 1 aromatic heterocycles. The monoisotopic (exact) mass is 316 g/mol. The lowest BCUT2D eigenvalue weighted by Crippen LogP contribution is -2.20. The third-order valence-electron chi connectivity index (χ3n) is 3.11. The normalized spacial score (nSPS) is 10.0. The molecule has 0 saturated carbocycles. The number of benzene rings is 1. The molecule has 0 aliphatic carbocycles. The van der Waals surface area contributed by atoms with Crippen molar-refractivity contribution in [2.24, 2.45) is 0 Å². The van der Waals surface area contributed by atoms with E-state index >= 15 is 0 Å². The Hall–Kier alpha value is -3.09. The standard InChI is InChI=1S/C16H16N2O5/c1-22-15(20)11-5-6-12(16(21)23-2)13(9-11)17-14(19)10-18-7-3-4-8-18/h3-9H,10H2,1-2H3,(H,17,19). The van der Waals surface area contributed by atoms with E-state index in [1.165, 1.54) is 32.4 Å². The van der Waals surface area contributed by atoms with Gasteiger partial charge in [-0.25, -0.2) is 9.59 Å². The number of amides is 1. The van der Waals surface area contributed by atoms with Crippen LogP contribution in [-0.4, -0.2) is 36.6 Å². The second-order valence-electron chi connectivity index (χ2n) is 4.65. The SMILES string of the molecule is COC(=O)c1ccc(C(=O)OC)c(NC(=O)Cn2cccc2)c1. The van der Waals surface area contributed by atoms with Gasteiger partial charge in [0.1, 0.15) is 6.54 Å². The van der Waals surface area contributed by atoms with Gasteiger partial charge in [0.15, 0.2) is 0 Å². The highest BCUT2D eigenvalue weighted by molar-refractivity contribution is 6.03. The number of carbonyl (C=O) groups excluding carboxylic acids is 3. The molecule has 0 aliphatic rings. The van der Waals surface area contributed by atoms with Gasteiger partial charge in [0, 0.05) is 12.4 Å². The van der Waals surface area contributed by atoms with Crippen molar-refractivity contribution >= 4 is 23.5 Å². The largest absolute Gasteiger partial charge is 0.465 e. The number of esters is 2. The Morgan fingerprint density at radius 3 is 2.30 bits per heavy atom. The van der Waals surface area contributed by atoms with Crippen LogP contribution in [0.4, 0.5) is 5.69 Å². The van der Waals surface area contributed by atoms with E-state index in [0.29, 0.717) is 0 Å². The van der Waals surface area contributed by atoms with Crippen molar-refractivity contribution in [3.63, 3.8) is 0 Å². The summed E-state index contributed by atoms with van der Waals surface area (Å²) in [6.45, 7) is 0.0794. The Kier molecular flexibility index (Phi) is 5.14. The summed E-state index contributed by atoms with van der Waals surface area (Å²) < 4.78 is 11.0. The first-order chi connectivity index (χ1) is 11.0. The molecule has 120 valence electrons. The Morgan fingerprint density at radius 1 is 1.04 bits per heavy atom. The third kappa shape index (κ3) is 3.97. The molecule has 0 radical (unpaired) electrons. The molecule has 1 N–H and O–H groups in total. The predicted molar refractivity (Wildman–Crippen MR) is 82.2 cm³/mol. The number of rotatable bonds is 5. The van der Waals surface area contributed by atoms with Gasteiger partial charge in [-0.1, -0.05) is 0 Å². The first-order valence-electron chi connectivity index (χ1n) is 6.76. The molecule has 0 spiro atoms. The van der Waals surface area contributed by atoms with E-state index in [1.807, 2.05) is 0 Å². The van der Waals surface area contributed by atoms with Gasteiger partial charge in [-0.2, -0.15) is 0 Å². The van der Waals surface area contributed by atoms with Crippen LogP contribution in [0.2, 0.25) is 0 Å². The van der Waals surface area contributed by atoms with E-state index < -0.39 is 11.9 Å². The second kappa shape index (κ2) is 7.26. The first-order valence-corrected chi connectivity index (χ1v) is 6.76. The van der Waals surface area contributed by atoms with Crippen LogP contribution in [0.3, 0.4) is 0 Å². The highest BCUT2D eigenvalue weighted by Gasteiger charge is 2.17. The van der Waals surface area contributed by atoms with E-state index in [-0.39, 0.29) is 29.3 Å². The van der Waals surface area contributed by atoms with Gasteiger partial charge < -0.3 is 19.4 Å². The molecule has 0 aliphatic heterocycles. The molecule has 2 aromatic rings. The summed E-state index contributed by atoms with van der Waals surface area (Å²) in [6, 6.07) is 7.81. The summed E-state index contributed by atoms with van der Waals surface area (Å²) >= 11 is 0. The fraction of sp³-hybridized carbons (Fsp3) is 0.188. The van der Waals surface area contributed by atoms with E-state index in [1.54, 1.807) is 29.1 Å². The van der Waals surface area contributed by atoms with Crippen molar-refractivity contribution < 1.29 is 23.9 Å². The van der Waals surface area contributed by atoms with Crippen LogP contribution >= 0.6 is 0 Å². The molecule has 1 heterocycles. The number of nitrogens with one attached hydrogen (secondary N) is 1. The lowest BCUT2D eigenvalue weighted by Gasteiger charge is -2.11. The molecule has 2 rings (SSSR count). The molecule has 0 saturated heterocycles. The zero-order chi connectivity index (χ0) is 16.8. The lowest BCUT2D eigenvalue weighted by atomic mass is 10.1. The van der Waals surface area contributed by atoms with E-state index in [2.05, 4.69) is 14.8 Å². The minimum absolute atomic E-state index is 0.0794. The van der Waals surface area contributed by atoms with Crippen LogP contribution in [0.1, 0.15) is 20.7 Å². The van der Waals surface area contributed by atoms with Gasteiger partial charge in [0.05, 0.1) is 31.0 Å². The van der Waals surface area contributed by atoms with E-state index in [4.69, 9.17) is 0 Å². The first kappa shape index (κ1) is 16.3. The van der Waals surface area contributed by atoms with Crippen LogP contribution in [0, 0.1) is 0 Å². The minimum atomic E-state index is -0.613. The van der Waals surface area contributed by atoms with Crippen molar-refractivity contribution in [3.05, 3.63) is 53.9 Å². The van der Waals surface area contributed by atoms with Crippen molar-refractivity contribution in [1.82, 2.24) is 4.57 Å².